The van der Waals surface area contributed by atoms with Crippen molar-refractivity contribution in [2.45, 2.75) is 12.5 Å². The Morgan fingerprint density at radius 1 is 1.15 bits per heavy atom. The van der Waals surface area contributed by atoms with Crippen molar-refractivity contribution < 1.29 is 19.0 Å². The summed E-state index contributed by atoms with van der Waals surface area (Å²) in [7, 11) is 5.64. The molecular formula is C21H26N2O4. The predicted molar refractivity (Wildman–Crippen MR) is 104 cm³/mol. The Morgan fingerprint density at radius 3 is 2.63 bits per heavy atom. The van der Waals surface area contributed by atoms with Gasteiger partial charge in [0.05, 0.1) is 19.6 Å². The minimum atomic E-state index is -0.0339. The maximum atomic E-state index is 12.5. The molecule has 0 bridgehead atoms. The molecule has 0 radical (unpaired) electrons. The fraction of sp³-hybridized carbons (Fsp3) is 0.381. The minimum absolute atomic E-state index is 0.0189. The molecule has 1 N–H and O–H groups in total. The number of amides is 1. The topological polar surface area (TPSA) is 60.0 Å². The number of hydrogen-bond acceptors (Lipinski definition) is 5. The highest BCUT2D eigenvalue weighted by Crippen LogP contribution is 2.31. The van der Waals surface area contributed by atoms with Crippen molar-refractivity contribution >= 4 is 5.91 Å². The second kappa shape index (κ2) is 8.77. The van der Waals surface area contributed by atoms with E-state index in [2.05, 4.69) is 10.2 Å². The van der Waals surface area contributed by atoms with Crippen molar-refractivity contribution in [3.63, 3.8) is 0 Å². The van der Waals surface area contributed by atoms with Gasteiger partial charge < -0.3 is 24.4 Å². The molecule has 1 unspecified atom stereocenters. The lowest BCUT2D eigenvalue weighted by atomic mass is 10.0. The highest BCUT2D eigenvalue weighted by molar-refractivity contribution is 5.78. The van der Waals surface area contributed by atoms with Gasteiger partial charge in [0.25, 0.3) is 0 Å². The summed E-state index contributed by atoms with van der Waals surface area (Å²) < 4.78 is 16.6. The lowest BCUT2D eigenvalue weighted by molar-refractivity contribution is -0.120. The van der Waals surface area contributed by atoms with Gasteiger partial charge in [0.1, 0.15) is 19.0 Å². The van der Waals surface area contributed by atoms with E-state index in [-0.39, 0.29) is 11.9 Å². The summed E-state index contributed by atoms with van der Waals surface area (Å²) in [4.78, 5) is 14.5. The third kappa shape index (κ3) is 4.71. The van der Waals surface area contributed by atoms with Crippen LogP contribution in [0.25, 0.3) is 0 Å². The Kier molecular flexibility index (Phi) is 6.19. The number of nitrogens with zero attached hydrogens (tertiary/aromatic N) is 1. The third-order valence-electron chi connectivity index (χ3n) is 4.59. The number of rotatable bonds is 7. The molecule has 2 aromatic rings. The van der Waals surface area contributed by atoms with Gasteiger partial charge in [-0.2, -0.15) is 0 Å². The molecule has 0 aliphatic carbocycles. The lowest BCUT2D eigenvalue weighted by Gasteiger charge is -2.26. The Hall–Kier alpha value is -2.73. The Bertz CT molecular complexity index is 792. The van der Waals surface area contributed by atoms with Crippen LogP contribution in [0.15, 0.2) is 42.5 Å². The van der Waals surface area contributed by atoms with Gasteiger partial charge in [-0.1, -0.05) is 24.3 Å². The van der Waals surface area contributed by atoms with E-state index in [4.69, 9.17) is 14.2 Å². The first kappa shape index (κ1) is 19.0. The average Bonchev–Trinajstić information content (AvgIpc) is 2.68. The second-order valence-corrected chi connectivity index (χ2v) is 6.68. The van der Waals surface area contributed by atoms with Gasteiger partial charge in [-0.25, -0.2) is 0 Å². The molecule has 1 aliphatic heterocycles. The SMILES string of the molecule is COc1ccccc1C(CNC(=O)Cc1ccc2c(c1)OCCO2)N(C)C. The van der Waals surface area contributed by atoms with Crippen molar-refractivity contribution in [3.05, 3.63) is 53.6 Å². The van der Waals surface area contributed by atoms with Gasteiger partial charge in [0.15, 0.2) is 11.5 Å². The third-order valence-corrected chi connectivity index (χ3v) is 4.59. The number of ether oxygens (including phenoxy) is 3. The number of carbonyl (C=O) groups excluding carboxylic acids is 1. The number of methoxy groups -OCH3 is 1. The molecule has 6 heteroatoms. The van der Waals surface area contributed by atoms with Crippen molar-refractivity contribution in [2.75, 3.05) is 41.0 Å². The van der Waals surface area contributed by atoms with Gasteiger partial charge in [-0.05, 0) is 37.9 Å². The summed E-state index contributed by atoms with van der Waals surface area (Å²) in [5, 5.41) is 3.03. The molecule has 0 saturated carbocycles. The lowest BCUT2D eigenvalue weighted by Crippen LogP contribution is -2.35. The van der Waals surface area contributed by atoms with Crippen LogP contribution >= 0.6 is 0 Å². The first-order chi connectivity index (χ1) is 13.1. The summed E-state index contributed by atoms with van der Waals surface area (Å²) in [6.45, 7) is 1.59. The highest BCUT2D eigenvalue weighted by Gasteiger charge is 2.19. The molecule has 1 heterocycles. The molecule has 1 atom stereocenters. The highest BCUT2D eigenvalue weighted by atomic mass is 16.6. The van der Waals surface area contributed by atoms with Gasteiger partial charge in [0, 0.05) is 12.1 Å². The van der Waals surface area contributed by atoms with E-state index in [9.17, 15) is 4.79 Å². The molecule has 0 aromatic heterocycles. The van der Waals surface area contributed by atoms with E-state index < -0.39 is 0 Å². The normalized spacial score (nSPS) is 13.9. The molecule has 144 valence electrons. The maximum absolute atomic E-state index is 12.5. The van der Waals surface area contributed by atoms with Crippen LogP contribution in [0.1, 0.15) is 17.2 Å². The molecule has 0 fully saturated rings. The van der Waals surface area contributed by atoms with Gasteiger partial charge in [-0.15, -0.1) is 0 Å². The zero-order valence-electron chi connectivity index (χ0n) is 16.0. The smallest absolute Gasteiger partial charge is 0.224 e. The molecule has 3 rings (SSSR count). The van der Waals surface area contributed by atoms with Crippen molar-refractivity contribution in [3.8, 4) is 17.2 Å². The van der Waals surface area contributed by atoms with Crippen LogP contribution in [0.3, 0.4) is 0 Å². The number of likely N-dealkylation sites (N-methyl/N-ethyl adjacent to an activating group) is 1. The summed E-state index contributed by atoms with van der Waals surface area (Å²) >= 11 is 0. The van der Waals surface area contributed by atoms with Crippen molar-refractivity contribution in [1.29, 1.82) is 0 Å². The molecule has 1 aliphatic rings. The first-order valence-corrected chi connectivity index (χ1v) is 9.03. The predicted octanol–water partition coefficient (Wildman–Crippen LogP) is 2.43. The van der Waals surface area contributed by atoms with E-state index in [1.54, 1.807) is 7.11 Å². The van der Waals surface area contributed by atoms with Crippen LogP contribution in [0.4, 0.5) is 0 Å². The number of para-hydroxylation sites is 1. The van der Waals surface area contributed by atoms with Gasteiger partial charge in [0.2, 0.25) is 5.91 Å². The van der Waals surface area contributed by atoms with E-state index in [0.717, 1.165) is 22.6 Å². The molecule has 2 aromatic carbocycles. The summed E-state index contributed by atoms with van der Waals surface area (Å²) in [6.07, 6.45) is 0.294. The van der Waals surface area contributed by atoms with Crippen LogP contribution in [0.2, 0.25) is 0 Å². The zero-order valence-corrected chi connectivity index (χ0v) is 16.0. The Labute approximate surface area is 160 Å². The quantitative estimate of drug-likeness (QED) is 0.811. The molecule has 6 nitrogen and oxygen atoms in total. The van der Waals surface area contributed by atoms with E-state index >= 15 is 0 Å². The fourth-order valence-electron chi connectivity index (χ4n) is 3.17. The monoisotopic (exact) mass is 370 g/mol. The van der Waals surface area contributed by atoms with Crippen LogP contribution in [-0.2, 0) is 11.2 Å². The van der Waals surface area contributed by atoms with Crippen LogP contribution in [0, 0.1) is 0 Å². The molecular weight excluding hydrogens is 344 g/mol. The summed E-state index contributed by atoms with van der Waals surface area (Å²) in [6, 6.07) is 13.5. The number of hydrogen-bond donors (Lipinski definition) is 1. The standard InChI is InChI=1S/C21H26N2O4/c1-23(2)17(16-6-4-5-7-18(16)25-3)14-22-21(24)13-15-8-9-19-20(12-15)27-11-10-26-19/h4-9,12,17H,10-11,13-14H2,1-3H3,(H,22,24). The van der Waals surface area contributed by atoms with Crippen molar-refractivity contribution in [1.82, 2.24) is 10.2 Å². The van der Waals surface area contributed by atoms with Crippen LogP contribution in [0.5, 0.6) is 17.2 Å². The molecule has 27 heavy (non-hydrogen) atoms. The zero-order chi connectivity index (χ0) is 19.2. The van der Waals surface area contributed by atoms with Crippen LogP contribution in [-0.4, -0.2) is 51.8 Å². The second-order valence-electron chi connectivity index (χ2n) is 6.68. The minimum Gasteiger partial charge on any atom is -0.496 e. The molecule has 0 spiro atoms. The Balaban J connectivity index is 1.63. The largest absolute Gasteiger partial charge is 0.496 e. The van der Waals surface area contributed by atoms with Crippen LogP contribution < -0.4 is 19.5 Å². The van der Waals surface area contributed by atoms with Gasteiger partial charge >= 0.3 is 0 Å². The number of fused-ring (bicyclic) bond motifs is 1. The maximum Gasteiger partial charge on any atom is 0.224 e. The van der Waals surface area contributed by atoms with E-state index in [0.29, 0.717) is 31.9 Å². The number of benzene rings is 2. The molecule has 0 saturated heterocycles. The fourth-order valence-corrected chi connectivity index (χ4v) is 3.17. The van der Waals surface area contributed by atoms with E-state index in [1.165, 1.54) is 0 Å². The number of nitrogens with one attached hydrogen (secondary N) is 1. The van der Waals surface area contributed by atoms with E-state index in [1.807, 2.05) is 56.6 Å². The first-order valence-electron chi connectivity index (χ1n) is 9.03. The molecule has 1 amide bonds. The van der Waals surface area contributed by atoms with Gasteiger partial charge in [-0.3, -0.25) is 4.79 Å². The average molecular weight is 370 g/mol. The van der Waals surface area contributed by atoms with Crippen molar-refractivity contribution in [2.24, 2.45) is 0 Å². The summed E-state index contributed by atoms with van der Waals surface area (Å²) in [5.41, 5.74) is 1.94. The number of carbonyl (C=O) groups is 1. The Morgan fingerprint density at radius 2 is 1.89 bits per heavy atom. The summed E-state index contributed by atoms with van der Waals surface area (Å²) in [5.74, 6) is 2.21.